The molecule has 0 spiro atoms. The number of ether oxygens (including phenoxy) is 1. The first kappa shape index (κ1) is 23.6. The summed E-state index contributed by atoms with van der Waals surface area (Å²) in [6, 6.07) is 29.5. The molecule has 0 aliphatic carbocycles. The second-order valence-electron chi connectivity index (χ2n) is 9.54. The van der Waals surface area contributed by atoms with Crippen LogP contribution in [0.15, 0.2) is 97.2 Å². The van der Waals surface area contributed by atoms with E-state index in [4.69, 9.17) is 9.84 Å². The minimum atomic E-state index is -0.306. The largest absolute Gasteiger partial charge is 0.497 e. The van der Waals surface area contributed by atoms with E-state index in [0.717, 1.165) is 45.3 Å². The van der Waals surface area contributed by atoms with Gasteiger partial charge in [-0.15, -0.1) is 0 Å². The summed E-state index contributed by atoms with van der Waals surface area (Å²) in [4.78, 5) is 15.9. The Balaban J connectivity index is 1.51. The number of urea groups is 1. The van der Waals surface area contributed by atoms with Crippen molar-refractivity contribution >= 4 is 11.7 Å². The summed E-state index contributed by atoms with van der Waals surface area (Å²) >= 11 is 0. The van der Waals surface area contributed by atoms with Gasteiger partial charge in [-0.05, 0) is 67.9 Å². The molecule has 7 nitrogen and oxygen atoms in total. The topological polar surface area (TPSA) is 64.3 Å². The summed E-state index contributed by atoms with van der Waals surface area (Å²) in [7, 11) is 1.63. The first-order valence-electron chi connectivity index (χ1n) is 12.6. The maximum atomic E-state index is 14.0. The fourth-order valence-corrected chi connectivity index (χ4v) is 5.21. The molecule has 1 aliphatic heterocycles. The number of carbonyl (C=O) groups is 1. The maximum Gasteiger partial charge on any atom is 0.322 e. The van der Waals surface area contributed by atoms with Crippen LogP contribution >= 0.6 is 0 Å². The van der Waals surface area contributed by atoms with Gasteiger partial charge in [0.05, 0.1) is 36.8 Å². The van der Waals surface area contributed by atoms with E-state index in [9.17, 15) is 4.79 Å². The Hall–Kier alpha value is -4.78. The minimum absolute atomic E-state index is 0.186. The average molecular weight is 504 g/mol. The summed E-state index contributed by atoms with van der Waals surface area (Å²) in [6.07, 6.45) is 2.06. The molecule has 0 bridgehead atoms. The lowest BCUT2D eigenvalue weighted by Crippen LogP contribution is -2.38. The van der Waals surface area contributed by atoms with Crippen molar-refractivity contribution < 1.29 is 9.53 Å². The second kappa shape index (κ2) is 9.59. The molecule has 7 heteroatoms. The van der Waals surface area contributed by atoms with Crippen molar-refractivity contribution in [2.75, 3.05) is 12.4 Å². The van der Waals surface area contributed by atoms with E-state index in [-0.39, 0.29) is 12.1 Å². The fourth-order valence-electron chi connectivity index (χ4n) is 5.21. The Labute approximate surface area is 221 Å². The van der Waals surface area contributed by atoms with Crippen LogP contribution in [0, 0.1) is 13.8 Å². The lowest BCUT2D eigenvalue weighted by molar-refractivity contribution is 0.194. The van der Waals surface area contributed by atoms with Gasteiger partial charge in [0, 0.05) is 17.4 Å². The van der Waals surface area contributed by atoms with E-state index in [1.807, 2.05) is 83.2 Å². The van der Waals surface area contributed by atoms with E-state index in [2.05, 4.69) is 47.3 Å². The van der Waals surface area contributed by atoms with Gasteiger partial charge in [-0.3, -0.25) is 0 Å². The van der Waals surface area contributed by atoms with Crippen molar-refractivity contribution in [3.8, 4) is 17.3 Å². The van der Waals surface area contributed by atoms with E-state index in [1.54, 1.807) is 7.11 Å². The van der Waals surface area contributed by atoms with Crippen LogP contribution in [-0.2, 0) is 6.54 Å². The van der Waals surface area contributed by atoms with E-state index < -0.39 is 0 Å². The number of hydrogen-bond acceptors (Lipinski definition) is 3. The number of para-hydroxylation sites is 1. The van der Waals surface area contributed by atoms with Crippen LogP contribution in [0.3, 0.4) is 0 Å². The van der Waals surface area contributed by atoms with Gasteiger partial charge >= 0.3 is 6.03 Å². The number of nitrogens with one attached hydrogen (secondary N) is 1. The third-order valence-corrected chi connectivity index (χ3v) is 7.05. The van der Waals surface area contributed by atoms with Gasteiger partial charge in [-0.2, -0.15) is 5.10 Å². The molecular weight excluding hydrogens is 474 g/mol. The predicted molar refractivity (Wildman–Crippen MR) is 148 cm³/mol. The Morgan fingerprint density at radius 3 is 2.47 bits per heavy atom. The van der Waals surface area contributed by atoms with Crippen LogP contribution in [0.25, 0.3) is 11.5 Å². The van der Waals surface area contributed by atoms with Gasteiger partial charge in [-0.1, -0.05) is 48.0 Å². The molecular formula is C31H29N5O2. The number of carbonyl (C=O) groups excluding carboxylic acids is 1. The minimum Gasteiger partial charge on any atom is -0.497 e. The molecule has 1 aliphatic rings. The monoisotopic (exact) mass is 503 g/mol. The molecule has 6 rings (SSSR count). The Morgan fingerprint density at radius 2 is 1.74 bits per heavy atom. The van der Waals surface area contributed by atoms with E-state index >= 15 is 0 Å². The number of methoxy groups -OCH3 is 1. The van der Waals surface area contributed by atoms with Gasteiger partial charge in [0.25, 0.3) is 0 Å². The summed E-state index contributed by atoms with van der Waals surface area (Å²) in [6.45, 7) is 4.48. The third kappa shape index (κ3) is 4.12. The maximum absolute atomic E-state index is 14.0. The first-order chi connectivity index (χ1) is 18.5. The van der Waals surface area contributed by atoms with Crippen LogP contribution < -0.4 is 10.1 Å². The Bertz CT molecular complexity index is 1600. The van der Waals surface area contributed by atoms with Crippen LogP contribution in [0.2, 0.25) is 0 Å². The third-order valence-electron chi connectivity index (χ3n) is 7.05. The van der Waals surface area contributed by atoms with Gasteiger partial charge < -0.3 is 19.5 Å². The van der Waals surface area contributed by atoms with Crippen molar-refractivity contribution in [1.82, 2.24) is 19.2 Å². The molecule has 0 unspecified atom stereocenters. The summed E-state index contributed by atoms with van der Waals surface area (Å²) in [5.41, 5.74) is 6.76. The zero-order valence-electron chi connectivity index (χ0n) is 21.6. The number of anilines is 1. The smallest absolute Gasteiger partial charge is 0.322 e. The standard InChI is InChI=1S/C31H29N5O2/c1-21-9-7-10-23(19-21)29-28-13-8-18-34(28)30-27(22(2)33-36(30)25-11-5-4-6-12-25)20-35(29)31(37)32-24-14-16-26(38-3)17-15-24/h4-19,29H,20H2,1-3H3,(H,32,37)/t29-/m0/s1. The van der Waals surface area contributed by atoms with E-state index in [1.165, 1.54) is 0 Å². The number of aryl methyl sites for hydroxylation is 2. The first-order valence-corrected chi connectivity index (χ1v) is 12.6. The molecule has 0 radical (unpaired) electrons. The molecule has 3 heterocycles. The van der Waals surface area contributed by atoms with Gasteiger partial charge in [0.2, 0.25) is 0 Å². The molecule has 2 amide bonds. The summed E-state index contributed by atoms with van der Waals surface area (Å²) in [5.74, 6) is 1.69. The summed E-state index contributed by atoms with van der Waals surface area (Å²) < 4.78 is 9.43. The molecule has 190 valence electrons. The highest BCUT2D eigenvalue weighted by Crippen LogP contribution is 2.39. The average Bonchev–Trinajstić information content (AvgIpc) is 3.50. The molecule has 1 atom stereocenters. The van der Waals surface area contributed by atoms with Gasteiger partial charge in [0.1, 0.15) is 11.6 Å². The zero-order chi connectivity index (χ0) is 26.2. The molecule has 0 saturated heterocycles. The SMILES string of the molecule is COc1ccc(NC(=O)N2Cc3c(C)nn(-c4ccccc4)c3-n3cccc3[C@@H]2c2cccc(C)c2)cc1. The van der Waals surface area contributed by atoms with E-state index in [0.29, 0.717) is 12.2 Å². The fraction of sp³-hybridized carbons (Fsp3) is 0.161. The van der Waals surface area contributed by atoms with Crippen LogP contribution in [0.1, 0.15) is 34.1 Å². The van der Waals surface area contributed by atoms with Crippen LogP contribution in [-0.4, -0.2) is 32.4 Å². The molecule has 5 aromatic rings. The second-order valence-corrected chi connectivity index (χ2v) is 9.54. The Morgan fingerprint density at radius 1 is 0.947 bits per heavy atom. The van der Waals surface area contributed by atoms with Crippen molar-refractivity contribution in [1.29, 1.82) is 0 Å². The number of rotatable bonds is 4. The van der Waals surface area contributed by atoms with Gasteiger partial charge in [-0.25, -0.2) is 9.48 Å². The molecule has 0 fully saturated rings. The highest BCUT2D eigenvalue weighted by molar-refractivity contribution is 5.90. The van der Waals surface area contributed by atoms with Crippen LogP contribution in [0.5, 0.6) is 5.75 Å². The van der Waals surface area contributed by atoms with Crippen molar-refractivity contribution in [2.45, 2.75) is 26.4 Å². The molecule has 38 heavy (non-hydrogen) atoms. The highest BCUT2D eigenvalue weighted by Gasteiger charge is 2.36. The normalized spacial score (nSPS) is 14.4. The lowest BCUT2D eigenvalue weighted by Gasteiger charge is -2.31. The Kier molecular flexibility index (Phi) is 5.96. The number of amides is 2. The number of hydrogen-bond donors (Lipinski definition) is 1. The number of aromatic nitrogens is 3. The van der Waals surface area contributed by atoms with Crippen molar-refractivity contribution in [2.24, 2.45) is 0 Å². The van der Waals surface area contributed by atoms with Crippen LogP contribution in [0.4, 0.5) is 10.5 Å². The highest BCUT2D eigenvalue weighted by atomic mass is 16.5. The van der Waals surface area contributed by atoms with Crippen molar-refractivity contribution in [3.63, 3.8) is 0 Å². The van der Waals surface area contributed by atoms with Gasteiger partial charge in [0.15, 0.2) is 0 Å². The quantitative estimate of drug-likeness (QED) is 0.308. The molecule has 2 aromatic heterocycles. The molecule has 0 saturated carbocycles. The zero-order valence-corrected chi connectivity index (χ0v) is 21.6. The van der Waals surface area contributed by atoms with Crippen molar-refractivity contribution in [3.05, 3.63) is 125 Å². The number of nitrogens with zero attached hydrogens (tertiary/aromatic N) is 4. The molecule has 1 N–H and O–H groups in total. The number of fused-ring (bicyclic) bond motifs is 3. The summed E-state index contributed by atoms with van der Waals surface area (Å²) in [5, 5.41) is 8.03. The molecule has 3 aromatic carbocycles. The number of benzene rings is 3. The predicted octanol–water partition coefficient (Wildman–Crippen LogP) is 6.43. The lowest BCUT2D eigenvalue weighted by atomic mass is 10.00.